The summed E-state index contributed by atoms with van der Waals surface area (Å²) in [6.45, 7) is 2.83. The Labute approximate surface area is 175 Å². The van der Waals surface area contributed by atoms with E-state index in [0.29, 0.717) is 24.5 Å². The molecule has 1 amide bonds. The summed E-state index contributed by atoms with van der Waals surface area (Å²) >= 11 is 5.21. The Morgan fingerprint density at radius 1 is 0.862 bits per heavy atom. The summed E-state index contributed by atoms with van der Waals surface area (Å²) in [5.41, 5.74) is 2.43. The van der Waals surface area contributed by atoms with Crippen molar-refractivity contribution >= 4 is 28.9 Å². The van der Waals surface area contributed by atoms with E-state index in [-0.39, 0.29) is 11.0 Å². The van der Waals surface area contributed by atoms with Crippen molar-refractivity contribution in [2.24, 2.45) is 0 Å². The maximum absolute atomic E-state index is 12.3. The number of thiocarbonyl (C=S) groups is 1. The smallest absolute Gasteiger partial charge is 0.257 e. The quantitative estimate of drug-likeness (QED) is 0.444. The maximum atomic E-state index is 12.3. The normalized spacial score (nSPS) is 10.1. The Bertz CT molecular complexity index is 959. The second kappa shape index (κ2) is 10.2. The minimum Gasteiger partial charge on any atom is -0.490 e. The zero-order valence-electron chi connectivity index (χ0n) is 16.1. The monoisotopic (exact) mass is 406 g/mol. The van der Waals surface area contributed by atoms with Crippen molar-refractivity contribution in [3.63, 3.8) is 0 Å². The molecular weight excluding hydrogens is 384 g/mol. The third-order valence-electron chi connectivity index (χ3n) is 3.98. The van der Waals surface area contributed by atoms with E-state index in [1.807, 2.05) is 61.5 Å². The van der Waals surface area contributed by atoms with Gasteiger partial charge in [0.2, 0.25) is 0 Å². The largest absolute Gasteiger partial charge is 0.490 e. The average Bonchev–Trinajstić information content (AvgIpc) is 2.72. The molecule has 2 N–H and O–H groups in total. The van der Waals surface area contributed by atoms with E-state index in [1.54, 1.807) is 24.3 Å². The van der Waals surface area contributed by atoms with Gasteiger partial charge >= 0.3 is 0 Å². The molecule has 0 aliphatic heterocycles. The average molecular weight is 407 g/mol. The van der Waals surface area contributed by atoms with Gasteiger partial charge in [-0.3, -0.25) is 10.1 Å². The van der Waals surface area contributed by atoms with Crippen LogP contribution in [0, 0.1) is 6.92 Å². The standard InChI is InChI=1S/C23H22N2O3S/c1-17-6-5-7-19(16-17)24-23(29)25-22(26)18-10-12-21(13-11-18)28-15-14-27-20-8-3-2-4-9-20/h2-13,16H,14-15H2,1H3,(H2,24,25,26,29). The molecule has 0 fully saturated rings. The molecule has 148 valence electrons. The number of rotatable bonds is 7. The van der Waals surface area contributed by atoms with Crippen molar-refractivity contribution in [3.8, 4) is 11.5 Å². The zero-order valence-corrected chi connectivity index (χ0v) is 16.9. The van der Waals surface area contributed by atoms with Crippen LogP contribution in [0.3, 0.4) is 0 Å². The SMILES string of the molecule is Cc1cccc(NC(=S)NC(=O)c2ccc(OCCOc3ccccc3)cc2)c1. The van der Waals surface area contributed by atoms with Crippen LogP contribution in [0.25, 0.3) is 0 Å². The number of hydrogen-bond acceptors (Lipinski definition) is 4. The Morgan fingerprint density at radius 2 is 1.52 bits per heavy atom. The molecule has 3 aromatic carbocycles. The van der Waals surface area contributed by atoms with Crippen LogP contribution in [-0.4, -0.2) is 24.2 Å². The molecule has 5 nitrogen and oxygen atoms in total. The lowest BCUT2D eigenvalue weighted by molar-refractivity contribution is 0.0977. The highest BCUT2D eigenvalue weighted by molar-refractivity contribution is 7.80. The van der Waals surface area contributed by atoms with Gasteiger partial charge in [-0.1, -0.05) is 30.3 Å². The Kier molecular flexibility index (Phi) is 7.19. The van der Waals surface area contributed by atoms with Gasteiger partial charge in [-0.05, 0) is 73.2 Å². The lowest BCUT2D eigenvalue weighted by Crippen LogP contribution is -2.34. The van der Waals surface area contributed by atoms with E-state index >= 15 is 0 Å². The third-order valence-corrected chi connectivity index (χ3v) is 4.19. The van der Waals surface area contributed by atoms with Gasteiger partial charge in [0, 0.05) is 11.3 Å². The van der Waals surface area contributed by atoms with Gasteiger partial charge in [-0.25, -0.2) is 0 Å². The minimum absolute atomic E-state index is 0.249. The van der Waals surface area contributed by atoms with Crippen LogP contribution in [0.2, 0.25) is 0 Å². The van der Waals surface area contributed by atoms with E-state index < -0.39 is 0 Å². The molecule has 0 atom stereocenters. The highest BCUT2D eigenvalue weighted by Crippen LogP contribution is 2.13. The second-order valence-corrected chi connectivity index (χ2v) is 6.72. The molecule has 0 saturated carbocycles. The summed E-state index contributed by atoms with van der Waals surface area (Å²) in [7, 11) is 0. The summed E-state index contributed by atoms with van der Waals surface area (Å²) in [6.07, 6.45) is 0. The second-order valence-electron chi connectivity index (χ2n) is 6.31. The molecule has 0 aliphatic rings. The Balaban J connectivity index is 1.43. The number of nitrogens with one attached hydrogen (secondary N) is 2. The highest BCUT2D eigenvalue weighted by atomic mass is 32.1. The zero-order chi connectivity index (χ0) is 20.5. The van der Waals surface area contributed by atoms with Crippen molar-refractivity contribution in [2.45, 2.75) is 6.92 Å². The predicted molar refractivity (Wildman–Crippen MR) is 119 cm³/mol. The summed E-state index contributed by atoms with van der Waals surface area (Å²) in [6, 6.07) is 24.2. The van der Waals surface area contributed by atoms with Gasteiger partial charge in [0.1, 0.15) is 24.7 Å². The first-order chi connectivity index (χ1) is 14.1. The van der Waals surface area contributed by atoms with Crippen LogP contribution in [0.5, 0.6) is 11.5 Å². The van der Waals surface area contributed by atoms with Gasteiger partial charge in [0.05, 0.1) is 0 Å². The van der Waals surface area contributed by atoms with Gasteiger partial charge in [-0.2, -0.15) is 0 Å². The maximum Gasteiger partial charge on any atom is 0.257 e. The van der Waals surface area contributed by atoms with E-state index in [0.717, 1.165) is 17.0 Å². The van der Waals surface area contributed by atoms with E-state index in [2.05, 4.69) is 10.6 Å². The molecule has 3 aromatic rings. The number of aryl methyl sites for hydroxylation is 1. The molecule has 0 radical (unpaired) electrons. The van der Waals surface area contributed by atoms with E-state index in [4.69, 9.17) is 21.7 Å². The highest BCUT2D eigenvalue weighted by Gasteiger charge is 2.08. The van der Waals surface area contributed by atoms with Crippen LogP contribution in [0.4, 0.5) is 5.69 Å². The molecule has 0 saturated heterocycles. The number of amides is 1. The topological polar surface area (TPSA) is 59.6 Å². The van der Waals surface area contributed by atoms with Crippen LogP contribution >= 0.6 is 12.2 Å². The molecule has 0 spiro atoms. The number of benzene rings is 3. The summed E-state index contributed by atoms with van der Waals surface area (Å²) in [4.78, 5) is 12.3. The fraction of sp³-hybridized carbons (Fsp3) is 0.130. The van der Waals surface area contributed by atoms with Crippen LogP contribution < -0.4 is 20.1 Å². The first kappa shape index (κ1) is 20.4. The van der Waals surface area contributed by atoms with Crippen molar-refractivity contribution in [3.05, 3.63) is 90.0 Å². The van der Waals surface area contributed by atoms with Crippen LogP contribution in [-0.2, 0) is 0 Å². The van der Waals surface area contributed by atoms with Gasteiger partial charge in [-0.15, -0.1) is 0 Å². The number of anilines is 1. The van der Waals surface area contributed by atoms with Gasteiger partial charge < -0.3 is 14.8 Å². The van der Waals surface area contributed by atoms with E-state index in [9.17, 15) is 4.79 Å². The van der Waals surface area contributed by atoms with Crippen LogP contribution in [0.1, 0.15) is 15.9 Å². The number of carbonyl (C=O) groups excluding carboxylic acids is 1. The summed E-state index contributed by atoms with van der Waals surface area (Å²) in [5, 5.41) is 5.93. The van der Waals surface area contributed by atoms with Gasteiger partial charge in [0.15, 0.2) is 5.11 Å². The third kappa shape index (κ3) is 6.62. The molecule has 0 aliphatic carbocycles. The molecule has 0 unspecified atom stereocenters. The van der Waals surface area contributed by atoms with Gasteiger partial charge in [0.25, 0.3) is 5.91 Å². The first-order valence-corrected chi connectivity index (χ1v) is 9.61. The number of para-hydroxylation sites is 1. The van der Waals surface area contributed by atoms with Crippen LogP contribution in [0.15, 0.2) is 78.9 Å². The molecular formula is C23H22N2O3S. The molecule has 0 bridgehead atoms. The predicted octanol–water partition coefficient (Wildman–Crippen LogP) is 4.58. The molecule has 3 rings (SSSR count). The van der Waals surface area contributed by atoms with Crippen molar-refractivity contribution in [1.29, 1.82) is 0 Å². The molecule has 29 heavy (non-hydrogen) atoms. The Morgan fingerprint density at radius 3 is 2.17 bits per heavy atom. The fourth-order valence-corrected chi connectivity index (χ4v) is 2.81. The molecule has 6 heteroatoms. The van der Waals surface area contributed by atoms with Crippen molar-refractivity contribution < 1.29 is 14.3 Å². The molecule has 0 aromatic heterocycles. The lowest BCUT2D eigenvalue weighted by Gasteiger charge is -2.11. The van der Waals surface area contributed by atoms with Crippen molar-refractivity contribution in [2.75, 3.05) is 18.5 Å². The Hall–Kier alpha value is -3.38. The van der Waals surface area contributed by atoms with Crippen molar-refractivity contribution in [1.82, 2.24) is 5.32 Å². The fourth-order valence-electron chi connectivity index (χ4n) is 2.60. The minimum atomic E-state index is -0.283. The lowest BCUT2D eigenvalue weighted by atomic mass is 10.2. The number of ether oxygens (including phenoxy) is 2. The summed E-state index contributed by atoms with van der Waals surface area (Å²) < 4.78 is 11.2. The van der Waals surface area contributed by atoms with E-state index in [1.165, 1.54) is 0 Å². The summed E-state index contributed by atoms with van der Waals surface area (Å²) in [5.74, 6) is 1.19. The molecule has 0 heterocycles. The first-order valence-electron chi connectivity index (χ1n) is 9.20. The number of carbonyl (C=O) groups is 1. The number of hydrogen-bond donors (Lipinski definition) is 2.